The predicted octanol–water partition coefficient (Wildman–Crippen LogP) is 6.01. The van der Waals surface area contributed by atoms with E-state index in [2.05, 4.69) is 44.9 Å². The summed E-state index contributed by atoms with van der Waals surface area (Å²) in [6.45, 7) is 10.3. The normalized spacial score (nSPS) is 16.5. The van der Waals surface area contributed by atoms with E-state index in [9.17, 15) is 5.11 Å². The largest absolute Gasteiger partial charge is 0.495 e. The van der Waals surface area contributed by atoms with E-state index in [0.29, 0.717) is 5.95 Å². The summed E-state index contributed by atoms with van der Waals surface area (Å²) in [7, 11) is 1.73. The number of anilines is 5. The summed E-state index contributed by atoms with van der Waals surface area (Å²) in [4.78, 5) is 15.6. The number of benzene rings is 2. The number of nitrogens with zero attached hydrogens (tertiary/aromatic N) is 4. The lowest BCUT2D eigenvalue weighted by Gasteiger charge is -2.35. The van der Waals surface area contributed by atoms with Gasteiger partial charge in [0.1, 0.15) is 16.4 Å². The maximum atomic E-state index is 10.5. The zero-order valence-corrected chi connectivity index (χ0v) is 23.8. The van der Waals surface area contributed by atoms with Gasteiger partial charge >= 0.3 is 0 Å². The molecule has 0 saturated carbocycles. The van der Waals surface area contributed by atoms with Gasteiger partial charge in [-0.05, 0) is 74.4 Å². The third kappa shape index (κ3) is 5.52. The zero-order valence-electron chi connectivity index (χ0n) is 23.0. The molecular weight excluding hydrogens is 508 g/mol. The van der Waals surface area contributed by atoms with Crippen LogP contribution in [0.4, 0.5) is 28.8 Å². The number of piperidine rings is 1. The average Bonchev–Trinajstić information content (AvgIpc) is 3.71. The van der Waals surface area contributed by atoms with Crippen molar-refractivity contribution in [3.8, 4) is 5.75 Å². The molecule has 6 rings (SSSR count). The first-order valence-electron chi connectivity index (χ1n) is 13.6. The highest BCUT2D eigenvalue weighted by molar-refractivity contribution is 7.17. The number of hydrogen-bond donors (Lipinski definition) is 3. The van der Waals surface area contributed by atoms with Crippen LogP contribution in [-0.4, -0.2) is 59.3 Å². The van der Waals surface area contributed by atoms with Gasteiger partial charge < -0.3 is 25.4 Å². The molecule has 0 bridgehead atoms. The number of rotatable bonds is 8. The third-order valence-corrected chi connectivity index (χ3v) is 8.68. The van der Waals surface area contributed by atoms with E-state index in [1.54, 1.807) is 32.3 Å². The highest BCUT2D eigenvalue weighted by Crippen LogP contribution is 2.37. The minimum Gasteiger partial charge on any atom is -0.495 e. The van der Waals surface area contributed by atoms with Crippen LogP contribution in [0.3, 0.4) is 0 Å². The Morgan fingerprint density at radius 1 is 1.00 bits per heavy atom. The summed E-state index contributed by atoms with van der Waals surface area (Å²) in [5, 5.41) is 20.4. The number of methoxy groups -OCH3 is 1. The highest BCUT2D eigenvalue weighted by Gasteiger charge is 2.31. The van der Waals surface area contributed by atoms with Crippen LogP contribution in [0.25, 0.3) is 10.2 Å². The van der Waals surface area contributed by atoms with Crippen LogP contribution in [0, 0.1) is 6.92 Å². The molecule has 4 aromatic rings. The van der Waals surface area contributed by atoms with Gasteiger partial charge in [-0.3, -0.25) is 4.90 Å². The summed E-state index contributed by atoms with van der Waals surface area (Å²) in [5.74, 6) is 2.09. The lowest BCUT2D eigenvalue weighted by molar-refractivity contribution is 0.0786. The van der Waals surface area contributed by atoms with Crippen LogP contribution in [0.2, 0.25) is 0 Å². The number of aryl methyl sites for hydroxylation is 1. The molecule has 2 saturated heterocycles. The number of aromatic nitrogens is 2. The maximum absolute atomic E-state index is 10.5. The Morgan fingerprint density at radius 3 is 2.49 bits per heavy atom. The van der Waals surface area contributed by atoms with E-state index in [1.165, 1.54) is 25.9 Å². The van der Waals surface area contributed by atoms with Crippen LogP contribution >= 0.6 is 11.3 Å². The molecule has 2 aromatic heterocycles. The summed E-state index contributed by atoms with van der Waals surface area (Å²) in [6.07, 6.45) is 2.40. The molecule has 8 nitrogen and oxygen atoms in total. The van der Waals surface area contributed by atoms with Crippen molar-refractivity contribution < 1.29 is 9.84 Å². The van der Waals surface area contributed by atoms with E-state index in [4.69, 9.17) is 14.7 Å². The standard InChI is InChI=1S/C30H36N6O2S/c1-19-18-39-28-26(19)27(31-21-7-5-6-20(16-21)30(2,3)37)33-29(34-28)32-22-8-9-24(25(17-22)38-4)36-12-10-23(11-13-36)35-14-15-35/h5-9,16-18,23,37H,10-15H2,1-4H3,(H2,31,32,33,34). The predicted molar refractivity (Wildman–Crippen MR) is 160 cm³/mol. The van der Waals surface area contributed by atoms with E-state index in [0.717, 1.165) is 69.1 Å². The topological polar surface area (TPSA) is 85.5 Å². The van der Waals surface area contributed by atoms with Gasteiger partial charge in [0.05, 0.1) is 23.8 Å². The van der Waals surface area contributed by atoms with Crippen molar-refractivity contribution in [2.75, 3.05) is 48.8 Å². The monoisotopic (exact) mass is 544 g/mol. The lowest BCUT2D eigenvalue weighted by Crippen LogP contribution is -2.39. The van der Waals surface area contributed by atoms with Gasteiger partial charge in [-0.25, -0.2) is 4.98 Å². The molecule has 204 valence electrons. The van der Waals surface area contributed by atoms with Crippen LogP contribution < -0.4 is 20.3 Å². The van der Waals surface area contributed by atoms with Crippen LogP contribution in [0.1, 0.15) is 37.8 Å². The van der Waals surface area contributed by atoms with Gasteiger partial charge in [-0.2, -0.15) is 4.98 Å². The molecule has 9 heteroatoms. The Balaban J connectivity index is 1.25. The summed E-state index contributed by atoms with van der Waals surface area (Å²) in [6, 6.07) is 14.8. The first kappa shape index (κ1) is 25.9. The Morgan fingerprint density at radius 2 is 1.77 bits per heavy atom. The molecule has 0 spiro atoms. The van der Waals surface area contributed by atoms with Crippen molar-refractivity contribution in [1.29, 1.82) is 0 Å². The van der Waals surface area contributed by atoms with Gasteiger partial charge in [0.15, 0.2) is 0 Å². The van der Waals surface area contributed by atoms with Crippen molar-refractivity contribution >= 4 is 50.4 Å². The van der Waals surface area contributed by atoms with Gasteiger partial charge in [0.25, 0.3) is 0 Å². The molecule has 0 atom stereocenters. The Kier molecular flexibility index (Phi) is 6.82. The second kappa shape index (κ2) is 10.3. The van der Waals surface area contributed by atoms with Crippen molar-refractivity contribution in [3.63, 3.8) is 0 Å². The smallest absolute Gasteiger partial charge is 0.230 e. The number of fused-ring (bicyclic) bond motifs is 1. The number of thiophene rings is 1. The molecule has 2 aromatic carbocycles. The third-order valence-electron chi connectivity index (χ3n) is 7.69. The summed E-state index contributed by atoms with van der Waals surface area (Å²) < 4.78 is 5.81. The van der Waals surface area contributed by atoms with Crippen molar-refractivity contribution in [2.24, 2.45) is 0 Å². The molecule has 2 aliphatic rings. The SMILES string of the molecule is COc1cc(Nc2nc(Nc3cccc(C(C)(C)O)c3)c3c(C)csc3n2)ccc1N1CCC(N2CC2)CC1. The first-order valence-corrected chi connectivity index (χ1v) is 14.5. The minimum absolute atomic E-state index is 0.514. The lowest BCUT2D eigenvalue weighted by atomic mass is 9.98. The van der Waals surface area contributed by atoms with Crippen molar-refractivity contribution in [1.82, 2.24) is 14.9 Å². The second-order valence-corrected chi connectivity index (χ2v) is 11.9. The van der Waals surface area contributed by atoms with E-state index < -0.39 is 5.60 Å². The fourth-order valence-corrected chi connectivity index (χ4v) is 6.31. The van der Waals surface area contributed by atoms with Crippen LogP contribution in [0.15, 0.2) is 47.8 Å². The molecule has 0 radical (unpaired) electrons. The van der Waals surface area contributed by atoms with Gasteiger partial charge in [-0.1, -0.05) is 12.1 Å². The van der Waals surface area contributed by atoms with E-state index in [1.807, 2.05) is 30.3 Å². The summed E-state index contributed by atoms with van der Waals surface area (Å²) >= 11 is 1.60. The fraction of sp³-hybridized carbons (Fsp3) is 0.400. The second-order valence-electron chi connectivity index (χ2n) is 11.0. The molecular formula is C30H36N6O2S. The quantitative estimate of drug-likeness (QED) is 0.233. The van der Waals surface area contributed by atoms with Crippen LogP contribution in [0.5, 0.6) is 5.75 Å². The average molecular weight is 545 g/mol. The van der Waals surface area contributed by atoms with E-state index >= 15 is 0 Å². The molecule has 2 fully saturated rings. The molecule has 0 unspecified atom stereocenters. The minimum atomic E-state index is -0.931. The number of aliphatic hydroxyl groups is 1. The number of hydrogen-bond acceptors (Lipinski definition) is 9. The Bertz CT molecular complexity index is 1480. The zero-order chi connectivity index (χ0) is 27.1. The van der Waals surface area contributed by atoms with Crippen LogP contribution in [-0.2, 0) is 5.60 Å². The molecule has 2 aliphatic heterocycles. The molecule has 39 heavy (non-hydrogen) atoms. The van der Waals surface area contributed by atoms with Gasteiger partial charge in [-0.15, -0.1) is 11.3 Å². The highest BCUT2D eigenvalue weighted by atomic mass is 32.1. The summed E-state index contributed by atoms with van der Waals surface area (Å²) in [5.41, 5.74) is 3.89. The molecule has 0 amide bonds. The molecule has 3 N–H and O–H groups in total. The molecule has 4 heterocycles. The number of nitrogens with one attached hydrogen (secondary N) is 2. The first-order chi connectivity index (χ1) is 18.8. The fourth-order valence-electron chi connectivity index (χ4n) is 5.39. The molecule has 0 aliphatic carbocycles. The van der Waals surface area contributed by atoms with E-state index in [-0.39, 0.29) is 0 Å². The Hall–Kier alpha value is -3.40. The van der Waals surface area contributed by atoms with Crippen molar-refractivity contribution in [3.05, 3.63) is 59.0 Å². The van der Waals surface area contributed by atoms with Crippen molar-refractivity contribution in [2.45, 2.75) is 45.3 Å². The number of ether oxygens (including phenoxy) is 1. The van der Waals surface area contributed by atoms with Gasteiger partial charge in [0, 0.05) is 49.7 Å². The van der Waals surface area contributed by atoms with Gasteiger partial charge in [0.2, 0.25) is 5.95 Å². The maximum Gasteiger partial charge on any atom is 0.230 e. The Labute approximate surface area is 233 Å².